The van der Waals surface area contributed by atoms with Crippen molar-refractivity contribution in [2.45, 2.75) is 18.9 Å². The van der Waals surface area contributed by atoms with Crippen molar-refractivity contribution in [3.05, 3.63) is 96.1 Å². The summed E-state index contributed by atoms with van der Waals surface area (Å²) in [6, 6.07) is 28.1. The third-order valence-electron chi connectivity index (χ3n) is 6.55. The van der Waals surface area contributed by atoms with Crippen LogP contribution in [-0.2, 0) is 0 Å². The number of carbonyl (C=O) groups excluding carboxylic acids is 1. The number of methoxy groups -OCH3 is 1. The Balaban J connectivity index is 1.46. The van der Waals surface area contributed by atoms with Gasteiger partial charge in [-0.1, -0.05) is 60.7 Å². The summed E-state index contributed by atoms with van der Waals surface area (Å²) < 4.78 is 5.39. The summed E-state index contributed by atoms with van der Waals surface area (Å²) in [7, 11) is 1.65. The van der Waals surface area contributed by atoms with E-state index in [4.69, 9.17) is 9.72 Å². The summed E-state index contributed by atoms with van der Waals surface area (Å²) in [4.78, 5) is 20.8. The maximum atomic E-state index is 13.5. The van der Waals surface area contributed by atoms with E-state index in [1.54, 1.807) is 7.11 Å². The van der Waals surface area contributed by atoms with E-state index in [9.17, 15) is 4.79 Å². The van der Waals surface area contributed by atoms with Gasteiger partial charge in [0.2, 0.25) is 0 Å². The molecule has 5 rings (SSSR count). The van der Waals surface area contributed by atoms with Crippen molar-refractivity contribution in [2.75, 3.05) is 26.7 Å². The molecule has 0 saturated carbocycles. The number of pyridine rings is 1. The fourth-order valence-electron chi connectivity index (χ4n) is 4.76. The zero-order valence-corrected chi connectivity index (χ0v) is 19.4. The van der Waals surface area contributed by atoms with E-state index in [1.165, 1.54) is 18.4 Å². The average molecular weight is 452 g/mol. The van der Waals surface area contributed by atoms with Crippen LogP contribution in [0.4, 0.5) is 0 Å². The number of hydrogen-bond donors (Lipinski definition) is 1. The van der Waals surface area contributed by atoms with Crippen LogP contribution >= 0.6 is 0 Å². The zero-order valence-electron chi connectivity index (χ0n) is 19.4. The highest BCUT2D eigenvalue weighted by molar-refractivity contribution is 6.07. The summed E-state index contributed by atoms with van der Waals surface area (Å²) >= 11 is 0. The van der Waals surface area contributed by atoms with Crippen molar-refractivity contribution in [1.29, 1.82) is 0 Å². The monoisotopic (exact) mass is 451 g/mol. The van der Waals surface area contributed by atoms with Crippen LogP contribution in [0.5, 0.6) is 5.75 Å². The third kappa shape index (κ3) is 4.66. The maximum Gasteiger partial charge on any atom is 0.252 e. The fraction of sp³-hybridized carbons (Fsp3) is 0.241. The van der Waals surface area contributed by atoms with Crippen molar-refractivity contribution in [1.82, 2.24) is 15.2 Å². The number of aromatic nitrogens is 1. The van der Waals surface area contributed by atoms with E-state index in [0.717, 1.165) is 41.0 Å². The lowest BCUT2D eigenvalue weighted by Crippen LogP contribution is -2.36. The lowest BCUT2D eigenvalue weighted by atomic mass is 10.0. The minimum atomic E-state index is -0.0807. The molecular formula is C29H29N3O2. The summed E-state index contributed by atoms with van der Waals surface area (Å²) in [5.41, 5.74) is 4.34. The van der Waals surface area contributed by atoms with Crippen molar-refractivity contribution < 1.29 is 9.53 Å². The Morgan fingerprint density at radius 3 is 2.53 bits per heavy atom. The van der Waals surface area contributed by atoms with Crippen LogP contribution in [0.2, 0.25) is 0 Å². The van der Waals surface area contributed by atoms with Gasteiger partial charge >= 0.3 is 0 Å². The number of ether oxygens (including phenoxy) is 1. The molecule has 172 valence electrons. The van der Waals surface area contributed by atoms with Gasteiger partial charge in [-0.25, -0.2) is 4.98 Å². The number of nitrogens with zero attached hydrogens (tertiary/aromatic N) is 2. The topological polar surface area (TPSA) is 54.5 Å². The number of para-hydroxylation sites is 1. The maximum absolute atomic E-state index is 13.5. The second-order valence-corrected chi connectivity index (χ2v) is 8.68. The molecule has 5 nitrogen and oxygen atoms in total. The highest BCUT2D eigenvalue weighted by atomic mass is 16.5. The van der Waals surface area contributed by atoms with Crippen LogP contribution in [-0.4, -0.2) is 42.5 Å². The zero-order chi connectivity index (χ0) is 23.3. The predicted octanol–water partition coefficient (Wildman–Crippen LogP) is 5.48. The highest BCUT2D eigenvalue weighted by Gasteiger charge is 2.24. The first kappa shape index (κ1) is 22.1. The molecule has 1 fully saturated rings. The van der Waals surface area contributed by atoms with Gasteiger partial charge in [0.25, 0.3) is 5.91 Å². The molecule has 1 aliphatic rings. The van der Waals surface area contributed by atoms with E-state index in [2.05, 4.69) is 34.5 Å². The number of benzene rings is 3. The molecule has 1 atom stereocenters. The van der Waals surface area contributed by atoms with Gasteiger partial charge in [0, 0.05) is 17.5 Å². The van der Waals surface area contributed by atoms with Crippen LogP contribution in [0.15, 0.2) is 84.9 Å². The molecule has 1 amide bonds. The van der Waals surface area contributed by atoms with Crippen LogP contribution in [0.25, 0.3) is 22.2 Å². The molecule has 0 bridgehead atoms. The normalized spacial score (nSPS) is 14.7. The average Bonchev–Trinajstić information content (AvgIpc) is 3.43. The molecule has 34 heavy (non-hydrogen) atoms. The second-order valence-electron chi connectivity index (χ2n) is 8.68. The van der Waals surface area contributed by atoms with Gasteiger partial charge in [-0.15, -0.1) is 0 Å². The summed E-state index contributed by atoms with van der Waals surface area (Å²) in [6.45, 7) is 2.69. The molecule has 1 unspecified atom stereocenters. The third-order valence-corrected chi connectivity index (χ3v) is 6.55. The number of fused-ring (bicyclic) bond motifs is 1. The predicted molar refractivity (Wildman–Crippen MR) is 136 cm³/mol. The van der Waals surface area contributed by atoms with Gasteiger partial charge in [0.05, 0.1) is 29.9 Å². The van der Waals surface area contributed by atoms with Crippen LogP contribution < -0.4 is 10.1 Å². The first-order valence-electron chi connectivity index (χ1n) is 11.8. The molecule has 4 aromatic rings. The molecule has 0 radical (unpaired) electrons. The Morgan fingerprint density at radius 1 is 0.971 bits per heavy atom. The molecule has 1 N–H and O–H groups in total. The van der Waals surface area contributed by atoms with Gasteiger partial charge in [0.15, 0.2) is 0 Å². The molecule has 1 saturated heterocycles. The van der Waals surface area contributed by atoms with E-state index in [0.29, 0.717) is 12.1 Å². The second kappa shape index (κ2) is 10.1. The molecule has 1 aliphatic heterocycles. The van der Waals surface area contributed by atoms with E-state index in [-0.39, 0.29) is 11.9 Å². The quantitative estimate of drug-likeness (QED) is 0.404. The van der Waals surface area contributed by atoms with Crippen molar-refractivity contribution in [2.24, 2.45) is 0 Å². The van der Waals surface area contributed by atoms with Crippen molar-refractivity contribution >= 4 is 16.8 Å². The van der Waals surface area contributed by atoms with Crippen molar-refractivity contribution in [3.8, 4) is 17.0 Å². The number of rotatable bonds is 7. The first-order valence-corrected chi connectivity index (χ1v) is 11.8. The number of likely N-dealkylation sites (tertiary alicyclic amines) is 1. The van der Waals surface area contributed by atoms with Gasteiger partial charge < -0.3 is 10.1 Å². The minimum absolute atomic E-state index is 0.0807. The fourth-order valence-corrected chi connectivity index (χ4v) is 4.76. The molecule has 0 spiro atoms. The van der Waals surface area contributed by atoms with Gasteiger partial charge in [0.1, 0.15) is 5.75 Å². The molecule has 0 aliphatic carbocycles. The Hall–Kier alpha value is -3.70. The summed E-state index contributed by atoms with van der Waals surface area (Å²) in [5.74, 6) is 0.678. The lowest BCUT2D eigenvalue weighted by Gasteiger charge is -2.28. The van der Waals surface area contributed by atoms with E-state index >= 15 is 0 Å². The van der Waals surface area contributed by atoms with Crippen molar-refractivity contribution in [3.63, 3.8) is 0 Å². The SMILES string of the molecule is COc1cccc(-c2cc(C(=O)NCC(c3ccccc3)N3CCCC3)c3ccccc3n2)c1. The van der Waals surface area contributed by atoms with Gasteiger partial charge in [-0.2, -0.15) is 0 Å². The van der Waals surface area contributed by atoms with Crippen LogP contribution in [0.3, 0.4) is 0 Å². The number of amides is 1. The number of hydrogen-bond acceptors (Lipinski definition) is 4. The largest absolute Gasteiger partial charge is 0.497 e. The van der Waals surface area contributed by atoms with Crippen LogP contribution in [0.1, 0.15) is 34.8 Å². The smallest absolute Gasteiger partial charge is 0.252 e. The van der Waals surface area contributed by atoms with Crippen LogP contribution in [0, 0.1) is 0 Å². The van der Waals surface area contributed by atoms with E-state index in [1.807, 2.05) is 60.7 Å². The minimum Gasteiger partial charge on any atom is -0.497 e. The summed E-state index contributed by atoms with van der Waals surface area (Å²) in [6.07, 6.45) is 2.41. The summed E-state index contributed by atoms with van der Waals surface area (Å²) in [5, 5.41) is 4.09. The van der Waals surface area contributed by atoms with Gasteiger partial charge in [-0.05, 0) is 55.8 Å². The molecule has 3 aromatic carbocycles. The van der Waals surface area contributed by atoms with E-state index < -0.39 is 0 Å². The highest BCUT2D eigenvalue weighted by Crippen LogP contribution is 2.28. The lowest BCUT2D eigenvalue weighted by molar-refractivity contribution is 0.0939. The Morgan fingerprint density at radius 2 is 1.74 bits per heavy atom. The first-order chi connectivity index (χ1) is 16.7. The number of carbonyl (C=O) groups is 1. The van der Waals surface area contributed by atoms with Gasteiger partial charge in [-0.3, -0.25) is 9.69 Å². The Bertz CT molecular complexity index is 1280. The molecule has 2 heterocycles. The molecule has 1 aromatic heterocycles. The Kier molecular flexibility index (Phi) is 6.54. The number of nitrogens with one attached hydrogen (secondary N) is 1. The Labute approximate surface area is 200 Å². The molecule has 5 heteroatoms. The standard InChI is InChI=1S/C29H29N3O2/c1-34-23-13-9-12-22(18-23)27-19-25(24-14-5-6-15-26(24)31-27)29(33)30-20-28(32-16-7-8-17-32)21-10-3-2-4-11-21/h2-6,9-15,18-19,28H,7-8,16-17,20H2,1H3,(H,30,33). The molecular weight excluding hydrogens is 422 g/mol.